The van der Waals surface area contributed by atoms with E-state index in [1.54, 1.807) is 20.4 Å². The molecule has 166 valence electrons. The largest absolute Gasteiger partial charge is 0.497 e. The summed E-state index contributed by atoms with van der Waals surface area (Å²) in [4.78, 5) is 16.0. The topological polar surface area (TPSA) is 89.3 Å². The van der Waals surface area contributed by atoms with E-state index in [0.29, 0.717) is 24.9 Å². The zero-order valence-electron chi connectivity index (χ0n) is 18.7. The first kappa shape index (κ1) is 21.5. The van der Waals surface area contributed by atoms with Crippen LogP contribution in [0.25, 0.3) is 0 Å². The average Bonchev–Trinajstić information content (AvgIpc) is 2.79. The monoisotopic (exact) mass is 426 g/mol. The van der Waals surface area contributed by atoms with Crippen LogP contribution >= 0.6 is 0 Å². The molecule has 1 aromatic carbocycles. The number of ether oxygens (including phenoxy) is 3. The van der Waals surface area contributed by atoms with Crippen LogP contribution in [0.1, 0.15) is 42.4 Å². The second-order valence-corrected chi connectivity index (χ2v) is 8.08. The van der Waals surface area contributed by atoms with E-state index in [9.17, 15) is 5.11 Å². The molecule has 1 aromatic heterocycles. The van der Waals surface area contributed by atoms with Gasteiger partial charge in [-0.05, 0) is 37.5 Å². The molecule has 8 nitrogen and oxygen atoms in total. The van der Waals surface area contributed by atoms with Gasteiger partial charge in [0.05, 0.1) is 43.7 Å². The molecule has 0 radical (unpaired) electrons. The number of hydrogen-bond acceptors (Lipinski definition) is 8. The van der Waals surface area contributed by atoms with Gasteiger partial charge in [0.2, 0.25) is 11.8 Å². The zero-order valence-corrected chi connectivity index (χ0v) is 18.7. The Bertz CT molecular complexity index is 978. The lowest BCUT2D eigenvalue weighted by Gasteiger charge is -2.42. The van der Waals surface area contributed by atoms with Gasteiger partial charge in [-0.1, -0.05) is 6.07 Å². The Kier molecular flexibility index (Phi) is 6.11. The molecule has 8 heteroatoms. The van der Waals surface area contributed by atoms with E-state index < -0.39 is 6.10 Å². The molecule has 0 amide bonds. The Balaban J connectivity index is 1.88. The second-order valence-electron chi connectivity index (χ2n) is 8.08. The van der Waals surface area contributed by atoms with E-state index in [0.717, 1.165) is 34.6 Å². The minimum atomic E-state index is -0.509. The predicted octanol–water partition coefficient (Wildman–Crippen LogP) is 2.42. The Morgan fingerprint density at radius 1 is 1.13 bits per heavy atom. The van der Waals surface area contributed by atoms with Gasteiger partial charge in [0.15, 0.2) is 0 Å². The summed E-state index contributed by atoms with van der Waals surface area (Å²) in [5.74, 6) is 1.75. The molecule has 0 spiro atoms. The van der Waals surface area contributed by atoms with Crippen LogP contribution in [-0.2, 0) is 4.74 Å². The van der Waals surface area contributed by atoms with Crippen molar-refractivity contribution in [2.75, 3.05) is 39.8 Å². The maximum Gasteiger partial charge on any atom is 0.228 e. The molecule has 4 rings (SSSR count). The minimum Gasteiger partial charge on any atom is -0.497 e. The van der Waals surface area contributed by atoms with Crippen LogP contribution in [0.2, 0.25) is 0 Å². The van der Waals surface area contributed by atoms with E-state index in [1.165, 1.54) is 0 Å². The van der Waals surface area contributed by atoms with Gasteiger partial charge in [-0.15, -0.1) is 0 Å². The first-order valence-corrected chi connectivity index (χ1v) is 10.6. The Hall–Kier alpha value is -2.71. The molecule has 1 saturated carbocycles. The normalized spacial score (nSPS) is 24.6. The Labute approximate surface area is 182 Å². The molecule has 1 N–H and O–H groups in total. The lowest BCUT2D eigenvalue weighted by molar-refractivity contribution is -0.0714. The second kappa shape index (κ2) is 8.80. The molecule has 1 fully saturated rings. The number of aliphatic hydroxyl groups excluding tert-OH is 1. The van der Waals surface area contributed by atoms with Gasteiger partial charge in [-0.3, -0.25) is 4.99 Å². The summed E-state index contributed by atoms with van der Waals surface area (Å²) in [7, 11) is 7.02. The van der Waals surface area contributed by atoms with E-state index >= 15 is 0 Å². The Morgan fingerprint density at radius 3 is 2.61 bits per heavy atom. The summed E-state index contributed by atoms with van der Waals surface area (Å²) in [6.07, 6.45) is 2.40. The Morgan fingerprint density at radius 2 is 1.94 bits per heavy atom. The highest BCUT2D eigenvalue weighted by molar-refractivity contribution is 6.16. The van der Waals surface area contributed by atoms with E-state index in [2.05, 4.69) is 16.0 Å². The summed E-state index contributed by atoms with van der Waals surface area (Å²) in [5, 5.41) is 10.7. The third-order valence-corrected chi connectivity index (χ3v) is 6.02. The van der Waals surface area contributed by atoms with Crippen LogP contribution in [-0.4, -0.2) is 74.0 Å². The first-order chi connectivity index (χ1) is 15.0. The highest BCUT2D eigenvalue weighted by atomic mass is 16.5. The van der Waals surface area contributed by atoms with Crippen LogP contribution in [0, 0.1) is 0 Å². The molecular weight excluding hydrogens is 396 g/mol. The molecule has 2 heterocycles. The van der Waals surface area contributed by atoms with Crippen molar-refractivity contribution in [3.8, 4) is 11.6 Å². The third kappa shape index (κ3) is 3.85. The van der Waals surface area contributed by atoms with E-state index in [-0.39, 0.29) is 18.1 Å². The molecular formula is C23H30N4O4. The number of hydrogen-bond donors (Lipinski definition) is 1. The number of anilines is 1. The molecule has 0 bridgehead atoms. The summed E-state index contributed by atoms with van der Waals surface area (Å²) in [6, 6.07) is 5.99. The number of fused-ring (bicyclic) bond motifs is 3. The number of nitrogens with zero attached hydrogens (tertiary/aromatic N) is 4. The fraction of sp³-hybridized carbons (Fsp3) is 0.522. The lowest BCUT2D eigenvalue weighted by atomic mass is 9.72. The fourth-order valence-electron chi connectivity index (χ4n) is 4.58. The number of aromatic nitrogens is 2. The van der Waals surface area contributed by atoms with Crippen molar-refractivity contribution >= 4 is 11.7 Å². The summed E-state index contributed by atoms with van der Waals surface area (Å²) in [5.41, 5.74) is 3.54. The fourth-order valence-corrected chi connectivity index (χ4v) is 4.58. The quantitative estimate of drug-likeness (QED) is 0.759. The maximum absolute atomic E-state index is 10.7. The van der Waals surface area contributed by atoms with Crippen LogP contribution in [0.5, 0.6) is 11.6 Å². The van der Waals surface area contributed by atoms with Crippen LogP contribution in [0.4, 0.5) is 5.95 Å². The molecule has 4 atom stereocenters. The molecule has 31 heavy (non-hydrogen) atoms. The molecule has 2 aromatic rings. The number of aliphatic imine (C=N–C) groups is 1. The van der Waals surface area contributed by atoms with Crippen LogP contribution in [0.3, 0.4) is 0 Å². The van der Waals surface area contributed by atoms with Gasteiger partial charge >= 0.3 is 0 Å². The van der Waals surface area contributed by atoms with Crippen molar-refractivity contribution in [2.24, 2.45) is 4.99 Å². The minimum absolute atomic E-state index is 0.00548. The molecule has 1 unspecified atom stereocenters. The highest BCUT2D eigenvalue weighted by Crippen LogP contribution is 2.44. The van der Waals surface area contributed by atoms with Crippen LogP contribution < -0.4 is 14.4 Å². The standard InChI is InChI=1S/C23H30N4O4/c1-6-31-21-18(28)10-9-17-19(21)14-8-7-13(29-4)11-15(14)20(25-17)16-12-24-23(27(2)3)26-22(16)30-5/h7-8,11-12,17-19,21,28H,6,9-10H2,1-5H3/t17-,18-,19-,21?/m1/s1. The highest BCUT2D eigenvalue weighted by Gasteiger charge is 2.44. The van der Waals surface area contributed by atoms with Gasteiger partial charge in [0.1, 0.15) is 5.75 Å². The van der Waals surface area contributed by atoms with Crippen molar-refractivity contribution in [1.29, 1.82) is 0 Å². The van der Waals surface area contributed by atoms with Crippen molar-refractivity contribution in [3.63, 3.8) is 0 Å². The van der Waals surface area contributed by atoms with Gasteiger partial charge in [-0.2, -0.15) is 4.98 Å². The predicted molar refractivity (Wildman–Crippen MR) is 119 cm³/mol. The molecule has 2 aliphatic rings. The number of aliphatic hydroxyl groups is 1. The SMILES string of the molecule is CCOC1[C@H](O)CC[C@H]2N=C(c3cnc(N(C)C)nc3OC)c3cc(OC)ccc3[C@@H]12. The number of methoxy groups -OCH3 is 2. The van der Waals surface area contributed by atoms with E-state index in [1.807, 2.05) is 38.1 Å². The third-order valence-electron chi connectivity index (χ3n) is 6.02. The summed E-state index contributed by atoms with van der Waals surface area (Å²) < 4.78 is 17.1. The van der Waals surface area contributed by atoms with Crippen LogP contribution in [0.15, 0.2) is 29.4 Å². The molecule has 0 saturated heterocycles. The number of benzene rings is 1. The lowest BCUT2D eigenvalue weighted by Crippen LogP contribution is -2.46. The zero-order chi connectivity index (χ0) is 22.1. The van der Waals surface area contributed by atoms with Crippen molar-refractivity contribution in [1.82, 2.24) is 9.97 Å². The van der Waals surface area contributed by atoms with Crippen molar-refractivity contribution in [3.05, 3.63) is 41.1 Å². The summed E-state index contributed by atoms with van der Waals surface area (Å²) >= 11 is 0. The molecule has 1 aliphatic carbocycles. The van der Waals surface area contributed by atoms with Gasteiger partial charge in [0.25, 0.3) is 0 Å². The summed E-state index contributed by atoms with van der Waals surface area (Å²) in [6.45, 7) is 2.50. The molecule has 1 aliphatic heterocycles. The van der Waals surface area contributed by atoms with Crippen molar-refractivity contribution < 1.29 is 19.3 Å². The van der Waals surface area contributed by atoms with Gasteiger partial charge < -0.3 is 24.2 Å². The average molecular weight is 427 g/mol. The van der Waals surface area contributed by atoms with Crippen molar-refractivity contribution in [2.45, 2.75) is 43.9 Å². The van der Waals surface area contributed by atoms with Gasteiger partial charge in [0, 0.05) is 38.4 Å². The van der Waals surface area contributed by atoms with Gasteiger partial charge in [-0.25, -0.2) is 4.98 Å². The number of rotatable bonds is 6. The smallest absolute Gasteiger partial charge is 0.228 e. The van der Waals surface area contributed by atoms with E-state index in [4.69, 9.17) is 19.2 Å². The maximum atomic E-state index is 10.7. The first-order valence-electron chi connectivity index (χ1n) is 10.6.